The Morgan fingerprint density at radius 3 is 2.43 bits per heavy atom. The van der Waals surface area contributed by atoms with E-state index in [4.69, 9.17) is 26.1 Å². The quantitative estimate of drug-likeness (QED) is 0.257. The van der Waals surface area contributed by atoms with Gasteiger partial charge in [0.2, 0.25) is 0 Å². The van der Waals surface area contributed by atoms with Crippen LogP contribution in [0.3, 0.4) is 0 Å². The molecule has 0 atom stereocenters. The Bertz CT molecular complexity index is 986. The van der Waals surface area contributed by atoms with E-state index in [0.29, 0.717) is 33.8 Å². The fraction of sp³-hybridized carbons (Fsp3) is 0.360. The van der Waals surface area contributed by atoms with Gasteiger partial charge in [0.1, 0.15) is 5.75 Å². The average molecular weight is 426 g/mol. The van der Waals surface area contributed by atoms with E-state index in [1.807, 2.05) is 30.3 Å². The van der Waals surface area contributed by atoms with Gasteiger partial charge in [-0.25, -0.2) is 9.78 Å². The maximum absolute atomic E-state index is 12.9. The summed E-state index contributed by atoms with van der Waals surface area (Å²) < 4.78 is 10.8. The number of benzene rings is 2. The third kappa shape index (κ3) is 5.73. The smallest absolute Gasteiger partial charge is 0.338 e. The van der Waals surface area contributed by atoms with E-state index in [1.165, 1.54) is 25.7 Å². The highest BCUT2D eigenvalue weighted by molar-refractivity contribution is 6.31. The SMILES string of the molecule is CCCCCCCCOC(=O)c1cc(-c2ccc(OC)cc2)nc2ccc(Cl)cc12. The topological polar surface area (TPSA) is 48.4 Å². The number of pyridine rings is 1. The van der Waals surface area contributed by atoms with Crippen LogP contribution in [0.5, 0.6) is 5.75 Å². The van der Waals surface area contributed by atoms with Gasteiger partial charge in [-0.05, 0) is 55.0 Å². The summed E-state index contributed by atoms with van der Waals surface area (Å²) in [7, 11) is 1.63. The standard InChI is InChI=1S/C25H28ClNO3/c1-3-4-5-6-7-8-15-30-25(28)22-17-24(18-9-12-20(29-2)13-10-18)27-23-14-11-19(26)16-21(22)23/h9-14,16-17H,3-8,15H2,1-2H3. The van der Waals surface area contributed by atoms with Crippen LogP contribution in [0.25, 0.3) is 22.2 Å². The molecule has 4 nitrogen and oxygen atoms in total. The summed E-state index contributed by atoms with van der Waals surface area (Å²) in [6, 6.07) is 14.8. The van der Waals surface area contributed by atoms with E-state index in [-0.39, 0.29) is 5.97 Å². The number of rotatable bonds is 10. The largest absolute Gasteiger partial charge is 0.497 e. The van der Waals surface area contributed by atoms with E-state index in [9.17, 15) is 4.79 Å². The minimum absolute atomic E-state index is 0.340. The normalized spacial score (nSPS) is 10.9. The minimum Gasteiger partial charge on any atom is -0.497 e. The highest BCUT2D eigenvalue weighted by Crippen LogP contribution is 2.28. The molecule has 3 aromatic rings. The molecule has 0 aliphatic heterocycles. The van der Waals surface area contributed by atoms with E-state index in [0.717, 1.165) is 24.2 Å². The fourth-order valence-corrected chi connectivity index (χ4v) is 3.57. The van der Waals surface area contributed by atoms with Crippen LogP contribution in [0, 0.1) is 0 Å². The van der Waals surface area contributed by atoms with Gasteiger partial charge < -0.3 is 9.47 Å². The Kier molecular flexibility index (Phi) is 8.09. The Labute approximate surface area is 183 Å². The molecule has 0 aliphatic carbocycles. The van der Waals surface area contributed by atoms with Gasteiger partial charge in [-0.1, -0.05) is 50.6 Å². The van der Waals surface area contributed by atoms with Gasteiger partial charge >= 0.3 is 5.97 Å². The Morgan fingerprint density at radius 2 is 1.70 bits per heavy atom. The van der Waals surface area contributed by atoms with Crippen LogP contribution in [0.2, 0.25) is 5.02 Å². The van der Waals surface area contributed by atoms with Crippen LogP contribution < -0.4 is 4.74 Å². The third-order valence-electron chi connectivity index (χ3n) is 5.11. The molecule has 158 valence electrons. The van der Waals surface area contributed by atoms with Crippen LogP contribution in [0.1, 0.15) is 55.8 Å². The van der Waals surface area contributed by atoms with E-state index < -0.39 is 0 Å². The Balaban J connectivity index is 1.80. The molecular weight excluding hydrogens is 398 g/mol. The molecule has 1 aromatic heterocycles. The number of nitrogens with zero attached hydrogens (tertiary/aromatic N) is 1. The van der Waals surface area contributed by atoms with Crippen molar-refractivity contribution in [3.8, 4) is 17.0 Å². The van der Waals surface area contributed by atoms with Gasteiger partial charge in [0.15, 0.2) is 0 Å². The molecule has 0 radical (unpaired) electrons. The molecule has 0 unspecified atom stereocenters. The highest BCUT2D eigenvalue weighted by Gasteiger charge is 2.16. The lowest BCUT2D eigenvalue weighted by Gasteiger charge is -2.11. The second-order valence-electron chi connectivity index (χ2n) is 7.35. The second kappa shape index (κ2) is 11.0. The number of carbonyl (C=O) groups is 1. The molecule has 2 aromatic carbocycles. The van der Waals surface area contributed by atoms with Crippen molar-refractivity contribution < 1.29 is 14.3 Å². The maximum Gasteiger partial charge on any atom is 0.338 e. The van der Waals surface area contributed by atoms with Gasteiger partial charge in [0.05, 0.1) is 30.5 Å². The number of carbonyl (C=O) groups excluding carboxylic acids is 1. The number of esters is 1. The van der Waals surface area contributed by atoms with Gasteiger partial charge in [0.25, 0.3) is 0 Å². The third-order valence-corrected chi connectivity index (χ3v) is 5.34. The lowest BCUT2D eigenvalue weighted by atomic mass is 10.0. The summed E-state index contributed by atoms with van der Waals surface area (Å²) in [6.45, 7) is 2.63. The molecule has 1 heterocycles. The molecule has 0 saturated heterocycles. The number of unbranched alkanes of at least 4 members (excludes halogenated alkanes) is 5. The van der Waals surface area contributed by atoms with Crippen LogP contribution in [-0.2, 0) is 4.74 Å². The Hall–Kier alpha value is -2.59. The van der Waals surface area contributed by atoms with Crippen molar-refractivity contribution >= 4 is 28.5 Å². The second-order valence-corrected chi connectivity index (χ2v) is 7.79. The first-order valence-electron chi connectivity index (χ1n) is 10.5. The summed E-state index contributed by atoms with van der Waals surface area (Å²) >= 11 is 6.18. The van der Waals surface area contributed by atoms with Crippen molar-refractivity contribution in [3.05, 3.63) is 59.1 Å². The number of hydrogen-bond acceptors (Lipinski definition) is 4. The number of fused-ring (bicyclic) bond motifs is 1. The molecule has 0 amide bonds. The first kappa shape index (κ1) is 22.1. The van der Waals surface area contributed by atoms with Crippen molar-refractivity contribution in [1.29, 1.82) is 0 Å². The lowest BCUT2D eigenvalue weighted by Crippen LogP contribution is -2.08. The van der Waals surface area contributed by atoms with Crippen molar-refractivity contribution in [2.24, 2.45) is 0 Å². The van der Waals surface area contributed by atoms with Crippen molar-refractivity contribution in [3.63, 3.8) is 0 Å². The van der Waals surface area contributed by atoms with Gasteiger partial charge in [0, 0.05) is 16.0 Å². The van der Waals surface area contributed by atoms with Crippen LogP contribution >= 0.6 is 11.6 Å². The molecular formula is C25H28ClNO3. The van der Waals surface area contributed by atoms with Gasteiger partial charge in [-0.3, -0.25) is 0 Å². The molecule has 3 rings (SSSR count). The van der Waals surface area contributed by atoms with Gasteiger partial charge in [-0.15, -0.1) is 0 Å². The van der Waals surface area contributed by atoms with Gasteiger partial charge in [-0.2, -0.15) is 0 Å². The minimum atomic E-state index is -0.340. The summed E-state index contributed by atoms with van der Waals surface area (Å²) in [4.78, 5) is 17.6. The number of aromatic nitrogens is 1. The molecule has 30 heavy (non-hydrogen) atoms. The zero-order valence-corrected chi connectivity index (χ0v) is 18.4. The molecule has 0 spiro atoms. The molecule has 0 fully saturated rings. The lowest BCUT2D eigenvalue weighted by molar-refractivity contribution is 0.0500. The summed E-state index contributed by atoms with van der Waals surface area (Å²) in [5.41, 5.74) is 2.80. The zero-order valence-electron chi connectivity index (χ0n) is 17.6. The van der Waals surface area contributed by atoms with Crippen molar-refractivity contribution in [1.82, 2.24) is 4.98 Å². The monoisotopic (exact) mass is 425 g/mol. The van der Waals surface area contributed by atoms with Crippen LogP contribution in [0.15, 0.2) is 48.5 Å². The molecule has 0 aliphatic rings. The summed E-state index contributed by atoms with van der Waals surface area (Å²) in [5.74, 6) is 0.429. The van der Waals surface area contributed by atoms with E-state index in [2.05, 4.69) is 6.92 Å². The first-order chi connectivity index (χ1) is 14.6. The van der Waals surface area contributed by atoms with E-state index in [1.54, 1.807) is 25.3 Å². The van der Waals surface area contributed by atoms with Crippen LogP contribution in [0.4, 0.5) is 0 Å². The number of halogens is 1. The molecule has 0 N–H and O–H groups in total. The first-order valence-corrected chi connectivity index (χ1v) is 10.9. The highest BCUT2D eigenvalue weighted by atomic mass is 35.5. The molecule has 5 heteroatoms. The number of ether oxygens (including phenoxy) is 2. The number of methoxy groups -OCH3 is 1. The van der Waals surface area contributed by atoms with Crippen LogP contribution in [-0.4, -0.2) is 24.7 Å². The zero-order chi connectivity index (χ0) is 21.3. The average Bonchev–Trinajstić information content (AvgIpc) is 2.77. The molecule has 0 saturated carbocycles. The predicted molar refractivity (Wildman–Crippen MR) is 122 cm³/mol. The number of hydrogen-bond donors (Lipinski definition) is 0. The summed E-state index contributed by atoms with van der Waals surface area (Å²) in [5, 5.41) is 1.26. The fourth-order valence-electron chi connectivity index (χ4n) is 3.40. The van der Waals surface area contributed by atoms with Crippen molar-refractivity contribution in [2.75, 3.05) is 13.7 Å². The predicted octanol–water partition coefficient (Wildman–Crippen LogP) is 7.08. The molecule has 0 bridgehead atoms. The summed E-state index contributed by atoms with van der Waals surface area (Å²) in [6.07, 6.45) is 6.86. The van der Waals surface area contributed by atoms with E-state index >= 15 is 0 Å². The Morgan fingerprint density at radius 1 is 0.967 bits per heavy atom. The van der Waals surface area contributed by atoms with Crippen molar-refractivity contribution in [2.45, 2.75) is 45.4 Å². The maximum atomic E-state index is 12.9.